The van der Waals surface area contributed by atoms with Crippen molar-refractivity contribution in [2.45, 2.75) is 26.4 Å². The number of halogens is 1. The van der Waals surface area contributed by atoms with Crippen molar-refractivity contribution in [1.29, 1.82) is 0 Å². The van der Waals surface area contributed by atoms with Gasteiger partial charge in [-0.15, -0.1) is 0 Å². The molecule has 1 unspecified atom stereocenters. The molecule has 1 atom stereocenters. The third kappa shape index (κ3) is 4.23. The lowest BCUT2D eigenvalue weighted by molar-refractivity contribution is 0.248. The van der Waals surface area contributed by atoms with Gasteiger partial charge in [0.05, 0.1) is 19.0 Å². The van der Waals surface area contributed by atoms with Gasteiger partial charge in [0.25, 0.3) is 0 Å². The highest BCUT2D eigenvalue weighted by Crippen LogP contribution is 2.24. The quantitative estimate of drug-likeness (QED) is 0.459. The number of nitrogens with one attached hydrogen (secondary N) is 2. The van der Waals surface area contributed by atoms with Crippen molar-refractivity contribution in [3.8, 4) is 0 Å². The van der Waals surface area contributed by atoms with Crippen LogP contribution in [0.1, 0.15) is 19.4 Å². The Bertz CT molecular complexity index is 941. The number of aromatic nitrogens is 4. The molecule has 0 aliphatic heterocycles. The predicted octanol–water partition coefficient (Wildman–Crippen LogP) is 2.64. The van der Waals surface area contributed by atoms with Crippen LogP contribution in [0.2, 0.25) is 5.02 Å². The third-order valence-corrected chi connectivity index (χ3v) is 4.66. The van der Waals surface area contributed by atoms with Crippen molar-refractivity contribution in [1.82, 2.24) is 19.5 Å². The molecule has 0 saturated carbocycles. The van der Waals surface area contributed by atoms with Crippen LogP contribution in [-0.4, -0.2) is 37.3 Å². The minimum absolute atomic E-state index is 0.00768. The number of hydrogen-bond donors (Lipinski definition) is 4. The second-order valence-electron chi connectivity index (χ2n) is 6.80. The maximum atomic E-state index is 9.59. The average molecular weight is 390 g/mol. The Balaban J connectivity index is 1.92. The Kier molecular flexibility index (Phi) is 5.67. The molecule has 0 amide bonds. The number of aliphatic hydroxyl groups is 1. The van der Waals surface area contributed by atoms with Gasteiger partial charge in [0.15, 0.2) is 17.0 Å². The maximum absolute atomic E-state index is 9.59. The summed E-state index contributed by atoms with van der Waals surface area (Å²) >= 11 is 6.07. The second kappa shape index (κ2) is 7.98. The highest BCUT2D eigenvalue weighted by molar-refractivity contribution is 6.30. The van der Waals surface area contributed by atoms with E-state index in [1.54, 1.807) is 18.5 Å². The fourth-order valence-corrected chi connectivity index (χ4v) is 2.88. The van der Waals surface area contributed by atoms with E-state index in [9.17, 15) is 5.11 Å². The van der Waals surface area contributed by atoms with E-state index in [0.717, 1.165) is 5.56 Å². The molecule has 0 aliphatic carbocycles. The van der Waals surface area contributed by atoms with Gasteiger partial charge in [-0.3, -0.25) is 0 Å². The topological polar surface area (TPSA) is 114 Å². The molecule has 0 spiro atoms. The summed E-state index contributed by atoms with van der Waals surface area (Å²) in [6.45, 7) is 4.49. The van der Waals surface area contributed by atoms with Crippen molar-refractivity contribution < 1.29 is 5.11 Å². The molecular weight excluding hydrogens is 366 g/mol. The predicted molar refractivity (Wildman–Crippen MR) is 109 cm³/mol. The molecule has 8 nitrogen and oxygen atoms in total. The number of rotatable bonds is 7. The molecule has 0 fully saturated rings. The molecule has 0 saturated heterocycles. The van der Waals surface area contributed by atoms with E-state index in [1.165, 1.54) is 0 Å². The zero-order chi connectivity index (χ0) is 19.6. The fraction of sp³-hybridized carbons (Fsp3) is 0.389. The molecule has 27 heavy (non-hydrogen) atoms. The first-order valence-electron chi connectivity index (χ1n) is 8.73. The summed E-state index contributed by atoms with van der Waals surface area (Å²) < 4.78 is 1.82. The van der Waals surface area contributed by atoms with Crippen LogP contribution in [0, 0.1) is 5.92 Å². The Labute approximate surface area is 162 Å². The van der Waals surface area contributed by atoms with E-state index in [1.807, 2.05) is 31.5 Å². The average Bonchev–Trinajstić information content (AvgIpc) is 3.01. The molecular formula is C18H24ClN7O. The maximum Gasteiger partial charge on any atom is 0.227 e. The van der Waals surface area contributed by atoms with Crippen LogP contribution < -0.4 is 16.4 Å². The summed E-state index contributed by atoms with van der Waals surface area (Å²) in [5, 5.41) is 16.7. The molecule has 0 aliphatic rings. The minimum atomic E-state index is -0.146. The largest absolute Gasteiger partial charge is 0.398 e. The van der Waals surface area contributed by atoms with E-state index < -0.39 is 0 Å². The zero-order valence-electron chi connectivity index (χ0n) is 15.6. The lowest BCUT2D eigenvalue weighted by Crippen LogP contribution is -2.30. The van der Waals surface area contributed by atoms with Gasteiger partial charge < -0.3 is 26.0 Å². The summed E-state index contributed by atoms with van der Waals surface area (Å²) in [5.74, 6) is 1.24. The SMILES string of the molecule is CC(C)C(CO)Nc1nc(NCc2cc(Cl)ccc2N)c2ncn(C)c2n1. The van der Waals surface area contributed by atoms with E-state index in [-0.39, 0.29) is 18.6 Å². The third-order valence-electron chi connectivity index (χ3n) is 4.43. The normalized spacial score (nSPS) is 12.5. The molecule has 1 aromatic carbocycles. The molecule has 3 rings (SSSR count). The van der Waals surface area contributed by atoms with Crippen LogP contribution in [0.3, 0.4) is 0 Å². The number of aliphatic hydroxyl groups excluding tert-OH is 1. The zero-order valence-corrected chi connectivity index (χ0v) is 16.3. The number of fused-ring (bicyclic) bond motifs is 1. The molecule has 0 radical (unpaired) electrons. The van der Waals surface area contributed by atoms with Crippen molar-refractivity contribution in [2.24, 2.45) is 13.0 Å². The molecule has 0 bridgehead atoms. The highest BCUT2D eigenvalue weighted by atomic mass is 35.5. The van der Waals surface area contributed by atoms with Crippen LogP contribution in [-0.2, 0) is 13.6 Å². The lowest BCUT2D eigenvalue weighted by atomic mass is 10.1. The molecule has 144 valence electrons. The Morgan fingerprint density at radius 1 is 1.30 bits per heavy atom. The summed E-state index contributed by atoms with van der Waals surface area (Å²) in [7, 11) is 1.87. The van der Waals surface area contributed by atoms with Crippen LogP contribution in [0.5, 0.6) is 0 Å². The van der Waals surface area contributed by atoms with Gasteiger partial charge >= 0.3 is 0 Å². The first kappa shape index (κ1) is 19.2. The Morgan fingerprint density at radius 3 is 2.78 bits per heavy atom. The highest BCUT2D eigenvalue weighted by Gasteiger charge is 2.17. The first-order valence-corrected chi connectivity index (χ1v) is 9.11. The number of imidazole rings is 1. The number of benzene rings is 1. The van der Waals surface area contributed by atoms with Gasteiger partial charge in [0, 0.05) is 24.3 Å². The summed E-state index contributed by atoms with van der Waals surface area (Å²) in [6, 6.07) is 5.20. The van der Waals surface area contributed by atoms with Crippen molar-refractivity contribution >= 4 is 40.2 Å². The van der Waals surface area contributed by atoms with Crippen molar-refractivity contribution in [3.63, 3.8) is 0 Å². The van der Waals surface area contributed by atoms with Crippen molar-refractivity contribution in [2.75, 3.05) is 23.0 Å². The summed E-state index contributed by atoms with van der Waals surface area (Å²) in [6.07, 6.45) is 1.69. The van der Waals surface area contributed by atoms with Gasteiger partial charge in [0.2, 0.25) is 5.95 Å². The molecule has 2 heterocycles. The number of nitrogens with two attached hydrogens (primary N) is 1. The standard InChI is InChI=1S/C18H24ClN7O/c1-10(2)14(8-27)23-18-24-16(15-17(25-18)26(3)9-22-15)21-7-11-6-12(19)4-5-13(11)20/h4-6,9-10,14,27H,7-8,20H2,1-3H3,(H2,21,23,24,25). The Morgan fingerprint density at radius 2 is 2.07 bits per heavy atom. The molecule has 2 aromatic heterocycles. The first-order chi connectivity index (χ1) is 12.9. The number of hydrogen-bond acceptors (Lipinski definition) is 7. The van der Waals surface area contributed by atoms with Gasteiger partial charge in [-0.2, -0.15) is 9.97 Å². The second-order valence-corrected chi connectivity index (χ2v) is 7.23. The van der Waals surface area contributed by atoms with E-state index in [2.05, 4.69) is 25.6 Å². The molecule has 9 heteroatoms. The monoisotopic (exact) mass is 389 g/mol. The van der Waals surface area contributed by atoms with Crippen LogP contribution >= 0.6 is 11.6 Å². The van der Waals surface area contributed by atoms with Crippen LogP contribution in [0.4, 0.5) is 17.5 Å². The van der Waals surface area contributed by atoms with E-state index in [4.69, 9.17) is 17.3 Å². The summed E-state index contributed by atoms with van der Waals surface area (Å²) in [4.78, 5) is 13.5. The van der Waals surface area contributed by atoms with Crippen molar-refractivity contribution in [3.05, 3.63) is 35.1 Å². The molecule has 5 N–H and O–H groups in total. The number of nitrogens with zero attached hydrogens (tertiary/aromatic N) is 4. The number of aryl methyl sites for hydroxylation is 1. The van der Waals surface area contributed by atoms with Gasteiger partial charge in [-0.1, -0.05) is 25.4 Å². The van der Waals surface area contributed by atoms with Gasteiger partial charge in [-0.25, -0.2) is 4.98 Å². The molecule has 3 aromatic rings. The Hall–Kier alpha value is -2.58. The minimum Gasteiger partial charge on any atom is -0.398 e. The summed E-state index contributed by atoms with van der Waals surface area (Å²) in [5.41, 5.74) is 8.90. The number of nitrogen functional groups attached to an aromatic ring is 1. The van der Waals surface area contributed by atoms with Crippen LogP contribution in [0.25, 0.3) is 11.2 Å². The van der Waals surface area contributed by atoms with Gasteiger partial charge in [0.1, 0.15) is 0 Å². The van der Waals surface area contributed by atoms with Gasteiger partial charge in [-0.05, 0) is 29.7 Å². The van der Waals surface area contributed by atoms with E-state index >= 15 is 0 Å². The fourth-order valence-electron chi connectivity index (χ4n) is 2.69. The number of anilines is 3. The smallest absolute Gasteiger partial charge is 0.227 e. The van der Waals surface area contributed by atoms with Crippen LogP contribution in [0.15, 0.2) is 24.5 Å². The lowest BCUT2D eigenvalue weighted by Gasteiger charge is -2.20. The van der Waals surface area contributed by atoms with E-state index in [0.29, 0.717) is 40.2 Å².